The van der Waals surface area contributed by atoms with Crippen molar-refractivity contribution in [2.24, 2.45) is 0 Å². The highest BCUT2D eigenvalue weighted by molar-refractivity contribution is 7.16. The molecule has 5 nitrogen and oxygen atoms in total. The Kier molecular flexibility index (Phi) is 5.68. The van der Waals surface area contributed by atoms with E-state index in [-0.39, 0.29) is 17.7 Å². The fourth-order valence-electron chi connectivity index (χ4n) is 3.65. The van der Waals surface area contributed by atoms with E-state index in [0.717, 1.165) is 46.6 Å². The van der Waals surface area contributed by atoms with E-state index in [9.17, 15) is 9.59 Å². The molecule has 1 heterocycles. The second kappa shape index (κ2) is 8.40. The Balaban J connectivity index is 1.50. The van der Waals surface area contributed by atoms with Crippen molar-refractivity contribution in [3.8, 4) is 0 Å². The first-order valence-corrected chi connectivity index (χ1v) is 11.0. The molecule has 2 amide bonds. The molecule has 1 aliphatic rings. The van der Waals surface area contributed by atoms with Crippen LogP contribution < -0.4 is 10.6 Å². The molecule has 0 saturated carbocycles. The van der Waals surface area contributed by atoms with Gasteiger partial charge in [0.2, 0.25) is 5.91 Å². The van der Waals surface area contributed by atoms with E-state index in [0.29, 0.717) is 10.7 Å². The second-order valence-corrected chi connectivity index (χ2v) is 8.96. The van der Waals surface area contributed by atoms with Gasteiger partial charge in [0, 0.05) is 16.1 Å². The maximum Gasteiger partial charge on any atom is 0.257 e. The van der Waals surface area contributed by atoms with E-state index in [4.69, 9.17) is 0 Å². The average molecular weight is 420 g/mol. The van der Waals surface area contributed by atoms with E-state index in [1.807, 2.05) is 44.2 Å². The highest BCUT2D eigenvalue weighted by atomic mass is 32.1. The summed E-state index contributed by atoms with van der Waals surface area (Å²) in [4.78, 5) is 31.2. The van der Waals surface area contributed by atoms with Crippen LogP contribution >= 0.6 is 11.3 Å². The fourth-order valence-corrected chi connectivity index (χ4v) is 4.71. The predicted molar refractivity (Wildman–Crippen MR) is 121 cm³/mol. The molecule has 0 radical (unpaired) electrons. The maximum atomic E-state index is 13.0. The number of rotatable bonds is 4. The summed E-state index contributed by atoms with van der Waals surface area (Å²) >= 11 is 1.47. The van der Waals surface area contributed by atoms with Crippen LogP contribution in [0.15, 0.2) is 42.5 Å². The molecule has 1 aliphatic carbocycles. The van der Waals surface area contributed by atoms with Crippen LogP contribution in [0.5, 0.6) is 0 Å². The first-order valence-electron chi connectivity index (χ1n) is 10.2. The van der Waals surface area contributed by atoms with Crippen LogP contribution in [0.3, 0.4) is 0 Å². The molecule has 1 aromatic heterocycles. The molecule has 30 heavy (non-hydrogen) atoms. The van der Waals surface area contributed by atoms with Gasteiger partial charge in [0.25, 0.3) is 5.91 Å². The lowest BCUT2D eigenvalue weighted by atomic mass is 9.90. The molecular formula is C24H25N3O2S. The normalized spacial score (nSPS) is 15.4. The predicted octanol–water partition coefficient (Wildman–Crippen LogP) is 5.38. The quantitative estimate of drug-likeness (QED) is 0.596. The van der Waals surface area contributed by atoms with Crippen molar-refractivity contribution >= 4 is 34.0 Å². The number of nitrogens with one attached hydrogen (secondary N) is 2. The van der Waals surface area contributed by atoms with Gasteiger partial charge in [-0.15, -0.1) is 11.3 Å². The number of aryl methyl sites for hydroxylation is 4. The molecule has 0 saturated heterocycles. The lowest BCUT2D eigenvalue weighted by Crippen LogP contribution is -2.24. The molecule has 154 valence electrons. The molecule has 2 N–H and O–H groups in total. The molecule has 6 heteroatoms. The summed E-state index contributed by atoms with van der Waals surface area (Å²) in [5, 5.41) is 6.49. The summed E-state index contributed by atoms with van der Waals surface area (Å²) in [6, 6.07) is 13.4. The minimum Gasteiger partial charge on any atom is -0.326 e. The minimum atomic E-state index is -0.295. The van der Waals surface area contributed by atoms with Crippen LogP contribution in [0.2, 0.25) is 0 Å². The largest absolute Gasteiger partial charge is 0.326 e. The Morgan fingerprint density at radius 1 is 1.00 bits per heavy atom. The van der Waals surface area contributed by atoms with Crippen molar-refractivity contribution in [3.63, 3.8) is 0 Å². The Morgan fingerprint density at radius 2 is 1.77 bits per heavy atom. The molecule has 0 aliphatic heterocycles. The molecule has 1 unspecified atom stereocenters. The van der Waals surface area contributed by atoms with Gasteiger partial charge in [-0.2, -0.15) is 0 Å². The summed E-state index contributed by atoms with van der Waals surface area (Å²) in [7, 11) is 0. The molecule has 4 rings (SSSR count). The third-order valence-electron chi connectivity index (χ3n) is 5.58. The number of aromatic nitrogens is 1. The summed E-state index contributed by atoms with van der Waals surface area (Å²) in [6.07, 6.45) is 2.59. The van der Waals surface area contributed by atoms with Crippen molar-refractivity contribution in [3.05, 3.63) is 75.3 Å². The number of thiazole rings is 1. The van der Waals surface area contributed by atoms with Crippen LogP contribution in [0.4, 0.5) is 10.8 Å². The number of anilines is 2. The molecule has 3 aromatic rings. The highest BCUT2D eigenvalue weighted by Crippen LogP contribution is 2.37. The summed E-state index contributed by atoms with van der Waals surface area (Å²) in [5.74, 6) is -0.519. The van der Waals surface area contributed by atoms with Gasteiger partial charge in [-0.1, -0.05) is 23.8 Å². The third-order valence-corrected chi connectivity index (χ3v) is 6.63. The van der Waals surface area contributed by atoms with Gasteiger partial charge in [-0.05, 0) is 75.4 Å². The van der Waals surface area contributed by atoms with Gasteiger partial charge >= 0.3 is 0 Å². The van der Waals surface area contributed by atoms with Gasteiger partial charge in [0.15, 0.2) is 5.13 Å². The molecule has 2 aromatic carbocycles. The van der Waals surface area contributed by atoms with Gasteiger partial charge < -0.3 is 5.32 Å². The number of fused-ring (bicyclic) bond motifs is 1. The van der Waals surface area contributed by atoms with E-state index in [2.05, 4.69) is 22.5 Å². The van der Waals surface area contributed by atoms with Crippen LogP contribution in [0.25, 0.3) is 0 Å². The van der Waals surface area contributed by atoms with Gasteiger partial charge in [-0.25, -0.2) is 4.98 Å². The van der Waals surface area contributed by atoms with E-state index in [1.54, 1.807) is 12.1 Å². The van der Waals surface area contributed by atoms with Gasteiger partial charge in [0.1, 0.15) is 0 Å². The lowest BCUT2D eigenvalue weighted by molar-refractivity contribution is -0.117. The van der Waals surface area contributed by atoms with Crippen LogP contribution in [0.1, 0.15) is 56.4 Å². The summed E-state index contributed by atoms with van der Waals surface area (Å²) < 4.78 is 0. The second-order valence-electron chi connectivity index (χ2n) is 7.88. The number of carbonyl (C=O) groups is 2. The number of benzene rings is 2. The topological polar surface area (TPSA) is 71.1 Å². The van der Waals surface area contributed by atoms with Crippen molar-refractivity contribution in [2.75, 3.05) is 10.6 Å². The Hall–Kier alpha value is -2.99. The number of nitrogens with zero attached hydrogens (tertiary/aromatic N) is 1. The first kappa shape index (κ1) is 20.3. The Labute approximate surface area is 180 Å². The van der Waals surface area contributed by atoms with Crippen LogP contribution in [-0.4, -0.2) is 16.8 Å². The standard InChI is InChI=1S/C24H25N3O2S/c1-14-7-10-17(11-8-14)22(28)27-24-26-21-19(5-4-6-20(21)30-24)23(29)25-18-12-9-15(2)16(3)13-18/h7-13,19H,4-6H2,1-3H3,(H,25,29)(H,26,27,28). The first-order chi connectivity index (χ1) is 14.4. The lowest BCUT2D eigenvalue weighted by Gasteiger charge is -2.20. The number of carbonyl (C=O) groups excluding carboxylic acids is 2. The van der Waals surface area contributed by atoms with Crippen LogP contribution in [-0.2, 0) is 11.2 Å². The third kappa shape index (κ3) is 4.28. The number of hydrogen-bond acceptors (Lipinski definition) is 4. The number of hydrogen-bond donors (Lipinski definition) is 2. The van der Waals surface area contributed by atoms with E-state index < -0.39 is 0 Å². The highest BCUT2D eigenvalue weighted by Gasteiger charge is 2.30. The van der Waals surface area contributed by atoms with Crippen molar-refractivity contribution in [2.45, 2.75) is 46.0 Å². The maximum absolute atomic E-state index is 13.0. The van der Waals surface area contributed by atoms with Crippen molar-refractivity contribution in [1.29, 1.82) is 0 Å². The van der Waals surface area contributed by atoms with Gasteiger partial charge in [0.05, 0.1) is 11.6 Å². The Bertz CT molecular complexity index is 1100. The SMILES string of the molecule is Cc1ccc(C(=O)Nc2nc3c(s2)CCCC3C(=O)Nc2ccc(C)c(C)c2)cc1. The smallest absolute Gasteiger partial charge is 0.257 e. The zero-order valence-electron chi connectivity index (χ0n) is 17.4. The van der Waals surface area contributed by atoms with E-state index >= 15 is 0 Å². The molecule has 0 bridgehead atoms. The number of amides is 2. The zero-order valence-corrected chi connectivity index (χ0v) is 18.2. The van der Waals surface area contributed by atoms with Crippen LogP contribution in [0, 0.1) is 20.8 Å². The molecule has 0 fully saturated rings. The molecule has 0 spiro atoms. The van der Waals surface area contributed by atoms with E-state index in [1.165, 1.54) is 16.9 Å². The Morgan fingerprint density at radius 3 is 2.50 bits per heavy atom. The van der Waals surface area contributed by atoms with Crippen molar-refractivity contribution in [1.82, 2.24) is 4.98 Å². The monoisotopic (exact) mass is 419 g/mol. The average Bonchev–Trinajstić information content (AvgIpc) is 3.13. The molecular weight excluding hydrogens is 394 g/mol. The van der Waals surface area contributed by atoms with Gasteiger partial charge in [-0.3, -0.25) is 14.9 Å². The summed E-state index contributed by atoms with van der Waals surface area (Å²) in [6.45, 7) is 6.07. The zero-order chi connectivity index (χ0) is 21.3. The molecule has 1 atom stereocenters. The summed E-state index contributed by atoms with van der Waals surface area (Å²) in [5.41, 5.74) is 5.64. The minimum absolute atomic E-state index is 0.0408. The van der Waals surface area contributed by atoms with Crippen molar-refractivity contribution < 1.29 is 9.59 Å². The fraction of sp³-hybridized carbons (Fsp3) is 0.292.